The second-order valence-electron chi connectivity index (χ2n) is 7.03. The molecule has 0 N–H and O–H groups in total. The Morgan fingerprint density at radius 1 is 1.46 bits per heavy atom. The molecule has 2 rings (SSSR count). The summed E-state index contributed by atoms with van der Waals surface area (Å²) in [5.74, 6) is 2.64. The maximum atomic E-state index is 13.4. The van der Waals surface area contributed by atoms with Crippen molar-refractivity contribution in [3.8, 4) is 18.1 Å². The molecular formula is C19H24FNO3. The summed E-state index contributed by atoms with van der Waals surface area (Å²) in [7, 11) is 0. The molecule has 5 heteroatoms. The normalized spacial score (nSPS) is 18.0. The topological polar surface area (TPSA) is 38.8 Å². The number of terminal acetylenes is 1. The van der Waals surface area contributed by atoms with Gasteiger partial charge in [-0.2, -0.15) is 0 Å². The van der Waals surface area contributed by atoms with Gasteiger partial charge in [-0.1, -0.05) is 5.92 Å². The van der Waals surface area contributed by atoms with Crippen LogP contribution in [-0.2, 0) is 4.74 Å². The second-order valence-corrected chi connectivity index (χ2v) is 7.03. The molecule has 0 aliphatic carbocycles. The highest BCUT2D eigenvalue weighted by Crippen LogP contribution is 2.23. The highest BCUT2D eigenvalue weighted by molar-refractivity contribution is 5.68. The Balaban J connectivity index is 1.93. The van der Waals surface area contributed by atoms with E-state index in [0.717, 1.165) is 12.8 Å². The van der Waals surface area contributed by atoms with Crippen LogP contribution >= 0.6 is 0 Å². The van der Waals surface area contributed by atoms with Gasteiger partial charge in [-0.15, -0.1) is 6.42 Å². The number of rotatable bonds is 3. The zero-order valence-electron chi connectivity index (χ0n) is 14.5. The van der Waals surface area contributed by atoms with E-state index in [0.29, 0.717) is 31.0 Å². The van der Waals surface area contributed by atoms with Gasteiger partial charge in [0, 0.05) is 25.1 Å². The van der Waals surface area contributed by atoms with Gasteiger partial charge in [0.1, 0.15) is 17.2 Å². The first-order valence-corrected chi connectivity index (χ1v) is 8.15. The van der Waals surface area contributed by atoms with E-state index in [1.54, 1.807) is 4.90 Å². The van der Waals surface area contributed by atoms with E-state index in [1.807, 2.05) is 20.8 Å². The van der Waals surface area contributed by atoms with Crippen molar-refractivity contribution in [2.75, 3.05) is 19.7 Å². The molecule has 0 spiro atoms. The van der Waals surface area contributed by atoms with Gasteiger partial charge in [0.25, 0.3) is 0 Å². The Kier molecular flexibility index (Phi) is 5.71. The van der Waals surface area contributed by atoms with Gasteiger partial charge in [0.05, 0.1) is 12.2 Å². The van der Waals surface area contributed by atoms with Gasteiger partial charge in [0.15, 0.2) is 0 Å². The summed E-state index contributed by atoms with van der Waals surface area (Å²) in [4.78, 5) is 13.9. The largest absolute Gasteiger partial charge is 0.492 e. The number of benzene rings is 1. The fourth-order valence-corrected chi connectivity index (χ4v) is 2.64. The third kappa shape index (κ3) is 5.16. The first-order chi connectivity index (χ1) is 11.3. The van der Waals surface area contributed by atoms with Crippen LogP contribution in [0.3, 0.4) is 0 Å². The van der Waals surface area contributed by atoms with E-state index in [4.69, 9.17) is 15.9 Å². The van der Waals surface area contributed by atoms with Gasteiger partial charge < -0.3 is 14.4 Å². The van der Waals surface area contributed by atoms with Crippen LogP contribution in [-0.4, -0.2) is 36.3 Å². The molecule has 130 valence electrons. The Bertz CT molecular complexity index is 630. The molecule has 1 aliphatic heterocycles. The Morgan fingerprint density at radius 3 is 2.88 bits per heavy atom. The van der Waals surface area contributed by atoms with Crippen LogP contribution in [0.1, 0.15) is 39.2 Å². The summed E-state index contributed by atoms with van der Waals surface area (Å²) in [5.41, 5.74) is 0.0141. The van der Waals surface area contributed by atoms with Gasteiger partial charge in [0.2, 0.25) is 0 Å². The molecule has 1 heterocycles. The lowest BCUT2D eigenvalue weighted by Gasteiger charge is -2.34. The van der Waals surface area contributed by atoms with Crippen LogP contribution in [0.4, 0.5) is 9.18 Å². The summed E-state index contributed by atoms with van der Waals surface area (Å²) in [6.45, 7) is 7.18. The van der Waals surface area contributed by atoms with Gasteiger partial charge in [-0.3, -0.25) is 0 Å². The highest BCUT2D eigenvalue weighted by atomic mass is 19.1. The SMILES string of the molecule is C#Cc1ccc(F)cc1OCC1CCCN(C(=O)OC(C)(C)C)C1. The van der Waals surface area contributed by atoms with Crippen molar-refractivity contribution in [3.63, 3.8) is 0 Å². The van der Waals surface area contributed by atoms with Crippen LogP contribution in [0.15, 0.2) is 18.2 Å². The van der Waals surface area contributed by atoms with Gasteiger partial charge >= 0.3 is 6.09 Å². The maximum Gasteiger partial charge on any atom is 0.410 e. The highest BCUT2D eigenvalue weighted by Gasteiger charge is 2.28. The van der Waals surface area contributed by atoms with Gasteiger partial charge in [-0.05, 0) is 45.7 Å². The zero-order valence-corrected chi connectivity index (χ0v) is 14.5. The third-order valence-electron chi connectivity index (χ3n) is 3.74. The molecule has 1 amide bonds. The van der Waals surface area contributed by atoms with Crippen molar-refractivity contribution in [2.45, 2.75) is 39.2 Å². The average molecular weight is 333 g/mol. The quantitative estimate of drug-likeness (QED) is 0.789. The molecule has 1 aliphatic rings. The molecule has 0 aromatic heterocycles. The standard InChI is InChI=1S/C19H24FNO3/c1-5-15-8-9-16(20)11-17(15)23-13-14-7-6-10-21(12-14)18(22)24-19(2,3)4/h1,8-9,11,14H,6-7,10,12-13H2,2-4H3. The van der Waals surface area contributed by atoms with Crippen molar-refractivity contribution in [2.24, 2.45) is 5.92 Å². The molecule has 1 unspecified atom stereocenters. The fourth-order valence-electron chi connectivity index (χ4n) is 2.64. The molecule has 1 aromatic carbocycles. The second kappa shape index (κ2) is 7.57. The number of hydrogen-bond donors (Lipinski definition) is 0. The monoisotopic (exact) mass is 333 g/mol. The minimum atomic E-state index is -0.510. The maximum absolute atomic E-state index is 13.4. The summed E-state index contributed by atoms with van der Waals surface area (Å²) >= 11 is 0. The molecule has 1 saturated heterocycles. The van der Waals surface area contributed by atoms with E-state index in [-0.39, 0.29) is 17.8 Å². The van der Waals surface area contributed by atoms with E-state index in [1.165, 1.54) is 18.2 Å². The van der Waals surface area contributed by atoms with E-state index in [2.05, 4.69) is 5.92 Å². The summed E-state index contributed by atoms with van der Waals surface area (Å²) in [6, 6.07) is 4.13. The Hall–Kier alpha value is -2.22. The molecule has 1 atom stereocenters. The predicted molar refractivity (Wildman–Crippen MR) is 90.4 cm³/mol. The number of carbonyl (C=O) groups is 1. The lowest BCUT2D eigenvalue weighted by atomic mass is 9.99. The first kappa shape index (κ1) is 18.1. The fraction of sp³-hybridized carbons (Fsp3) is 0.526. The minimum absolute atomic E-state index is 0.167. The molecule has 4 nitrogen and oxygen atoms in total. The van der Waals surface area contributed by atoms with Crippen LogP contribution in [0.5, 0.6) is 5.75 Å². The lowest BCUT2D eigenvalue weighted by molar-refractivity contribution is 0.0139. The Labute approximate surface area is 142 Å². The average Bonchev–Trinajstić information content (AvgIpc) is 2.52. The number of nitrogens with zero attached hydrogens (tertiary/aromatic N) is 1. The number of halogens is 1. The van der Waals surface area contributed by atoms with Gasteiger partial charge in [-0.25, -0.2) is 9.18 Å². The number of likely N-dealkylation sites (tertiary alicyclic amines) is 1. The molecule has 0 bridgehead atoms. The summed E-state index contributed by atoms with van der Waals surface area (Å²) in [6.07, 6.45) is 6.94. The van der Waals surface area contributed by atoms with Crippen LogP contribution < -0.4 is 4.74 Å². The third-order valence-corrected chi connectivity index (χ3v) is 3.74. The molecule has 0 saturated carbocycles. The van der Waals surface area contributed by atoms with E-state index < -0.39 is 5.60 Å². The number of amides is 1. The van der Waals surface area contributed by atoms with Crippen molar-refractivity contribution in [3.05, 3.63) is 29.6 Å². The molecule has 1 fully saturated rings. The van der Waals surface area contributed by atoms with Crippen molar-refractivity contribution < 1.29 is 18.7 Å². The predicted octanol–water partition coefficient (Wildman–Crippen LogP) is 3.83. The minimum Gasteiger partial charge on any atom is -0.492 e. The summed E-state index contributed by atoms with van der Waals surface area (Å²) in [5, 5.41) is 0. The number of ether oxygens (including phenoxy) is 2. The molecule has 24 heavy (non-hydrogen) atoms. The van der Waals surface area contributed by atoms with E-state index >= 15 is 0 Å². The molecular weight excluding hydrogens is 309 g/mol. The van der Waals surface area contributed by atoms with Crippen LogP contribution in [0.25, 0.3) is 0 Å². The zero-order chi connectivity index (χ0) is 17.7. The number of hydrogen-bond acceptors (Lipinski definition) is 3. The number of carbonyl (C=O) groups excluding carboxylic acids is 1. The smallest absolute Gasteiger partial charge is 0.410 e. The Morgan fingerprint density at radius 2 is 2.21 bits per heavy atom. The first-order valence-electron chi connectivity index (χ1n) is 8.15. The van der Waals surface area contributed by atoms with Crippen molar-refractivity contribution in [1.29, 1.82) is 0 Å². The number of piperidine rings is 1. The summed E-state index contributed by atoms with van der Waals surface area (Å²) < 4.78 is 24.5. The molecule has 1 aromatic rings. The van der Waals surface area contributed by atoms with Crippen LogP contribution in [0, 0.1) is 24.1 Å². The van der Waals surface area contributed by atoms with Crippen molar-refractivity contribution >= 4 is 6.09 Å². The van der Waals surface area contributed by atoms with Crippen molar-refractivity contribution in [1.82, 2.24) is 4.90 Å². The van der Waals surface area contributed by atoms with Crippen LogP contribution in [0.2, 0.25) is 0 Å². The van der Waals surface area contributed by atoms with E-state index in [9.17, 15) is 9.18 Å². The molecule has 0 radical (unpaired) electrons. The lowest BCUT2D eigenvalue weighted by Crippen LogP contribution is -2.44.